The van der Waals surface area contributed by atoms with Gasteiger partial charge in [-0.05, 0) is 31.4 Å². The third-order valence-electron chi connectivity index (χ3n) is 4.03. The van der Waals surface area contributed by atoms with Gasteiger partial charge in [0.2, 0.25) is 0 Å². The summed E-state index contributed by atoms with van der Waals surface area (Å²) in [6, 6.07) is 6.02. The summed E-state index contributed by atoms with van der Waals surface area (Å²) < 4.78 is 5.05. The van der Waals surface area contributed by atoms with Crippen molar-refractivity contribution in [2.24, 2.45) is 0 Å². The molecule has 0 amide bonds. The van der Waals surface area contributed by atoms with Crippen molar-refractivity contribution in [3.05, 3.63) is 28.8 Å². The number of para-hydroxylation sites is 1. The minimum absolute atomic E-state index is 0.547. The van der Waals surface area contributed by atoms with E-state index in [1.54, 1.807) is 7.11 Å². The molecule has 0 unspecified atom stereocenters. The molecule has 1 fully saturated rings. The maximum absolute atomic E-state index is 10.1. The van der Waals surface area contributed by atoms with Crippen molar-refractivity contribution in [3.63, 3.8) is 0 Å². The first-order chi connectivity index (χ1) is 10.0. The van der Waals surface area contributed by atoms with Gasteiger partial charge >= 0.3 is 0 Å². The molecular formula is C16H25ClN2O2. The summed E-state index contributed by atoms with van der Waals surface area (Å²) in [7, 11) is 1.70. The predicted molar refractivity (Wildman–Crippen MR) is 87.1 cm³/mol. The van der Waals surface area contributed by atoms with Gasteiger partial charge in [0.15, 0.2) is 0 Å². The van der Waals surface area contributed by atoms with E-state index in [4.69, 9.17) is 16.3 Å². The molecule has 0 aliphatic carbocycles. The molecule has 2 N–H and O–H groups in total. The van der Waals surface area contributed by atoms with Crippen LogP contribution in [0.2, 0.25) is 5.02 Å². The normalized spacial score (nSPS) is 18.0. The number of benzene rings is 1. The third kappa shape index (κ3) is 4.58. The van der Waals surface area contributed by atoms with Crippen LogP contribution in [0.25, 0.3) is 0 Å². The first-order valence-corrected chi connectivity index (χ1v) is 7.86. The molecule has 1 aliphatic rings. The Morgan fingerprint density at radius 2 is 2.10 bits per heavy atom. The third-order valence-corrected chi connectivity index (χ3v) is 4.33. The van der Waals surface area contributed by atoms with Crippen LogP contribution in [0.3, 0.4) is 0 Å². The Hall–Kier alpha value is -0.810. The number of methoxy groups -OCH3 is 1. The van der Waals surface area contributed by atoms with Gasteiger partial charge in [0.1, 0.15) is 0 Å². The number of piperidine rings is 1. The second kappa shape index (κ2) is 7.45. The Balaban J connectivity index is 2.07. The maximum Gasteiger partial charge on any atom is 0.0653 e. The first-order valence-electron chi connectivity index (χ1n) is 7.48. The molecule has 0 spiro atoms. The van der Waals surface area contributed by atoms with Gasteiger partial charge in [-0.25, -0.2) is 0 Å². The lowest BCUT2D eigenvalue weighted by Crippen LogP contribution is -2.43. The van der Waals surface area contributed by atoms with Crippen molar-refractivity contribution in [3.8, 4) is 0 Å². The quantitative estimate of drug-likeness (QED) is 0.792. The van der Waals surface area contributed by atoms with E-state index in [1.165, 1.54) is 5.56 Å². The van der Waals surface area contributed by atoms with Crippen LogP contribution in [0.5, 0.6) is 0 Å². The molecule has 0 bridgehead atoms. The second-order valence-electron chi connectivity index (χ2n) is 5.90. The number of ether oxygens (including phenoxy) is 1. The minimum Gasteiger partial charge on any atom is -0.390 e. The van der Waals surface area contributed by atoms with Crippen molar-refractivity contribution < 1.29 is 9.84 Å². The molecule has 0 aromatic heterocycles. The van der Waals surface area contributed by atoms with Gasteiger partial charge in [0.25, 0.3) is 0 Å². The summed E-state index contributed by atoms with van der Waals surface area (Å²) in [5.41, 5.74) is 1.74. The number of rotatable bonds is 6. The fraction of sp³-hybridized carbons (Fsp3) is 0.625. The number of nitrogens with zero attached hydrogens (tertiary/aromatic N) is 1. The van der Waals surface area contributed by atoms with Gasteiger partial charge < -0.3 is 20.1 Å². The highest BCUT2D eigenvalue weighted by atomic mass is 35.5. The Morgan fingerprint density at radius 1 is 1.38 bits per heavy atom. The monoisotopic (exact) mass is 312 g/mol. The van der Waals surface area contributed by atoms with E-state index in [1.807, 2.05) is 19.1 Å². The fourth-order valence-corrected chi connectivity index (χ4v) is 2.98. The van der Waals surface area contributed by atoms with Gasteiger partial charge in [-0.1, -0.05) is 23.7 Å². The highest BCUT2D eigenvalue weighted by Crippen LogP contribution is 2.33. The molecule has 1 aromatic carbocycles. The molecule has 0 saturated carbocycles. The lowest BCUT2D eigenvalue weighted by molar-refractivity contribution is 0.0351. The van der Waals surface area contributed by atoms with Crippen molar-refractivity contribution in [1.29, 1.82) is 0 Å². The van der Waals surface area contributed by atoms with Crippen molar-refractivity contribution in [1.82, 2.24) is 5.32 Å². The lowest BCUT2D eigenvalue weighted by Gasteiger charge is -2.38. The minimum atomic E-state index is -0.547. The summed E-state index contributed by atoms with van der Waals surface area (Å²) >= 11 is 6.42. The SMILES string of the molecule is COCCNCc1cccc(Cl)c1N1CCC(C)(O)CC1. The fourth-order valence-electron chi connectivity index (χ4n) is 2.67. The number of nitrogens with one attached hydrogen (secondary N) is 1. The smallest absolute Gasteiger partial charge is 0.0653 e. The highest BCUT2D eigenvalue weighted by Gasteiger charge is 2.28. The zero-order valence-corrected chi connectivity index (χ0v) is 13.6. The Morgan fingerprint density at radius 3 is 2.76 bits per heavy atom. The van der Waals surface area contributed by atoms with Gasteiger partial charge in [-0.15, -0.1) is 0 Å². The standard InChI is InChI=1S/C16H25ClN2O2/c1-16(20)6-9-19(10-7-16)15-13(4-3-5-14(15)17)12-18-8-11-21-2/h3-5,18,20H,6-12H2,1-2H3. The number of aliphatic hydroxyl groups is 1. The van der Waals surface area contributed by atoms with Gasteiger partial charge in [0.05, 0.1) is 22.9 Å². The van der Waals surface area contributed by atoms with Crippen LogP contribution in [-0.2, 0) is 11.3 Å². The highest BCUT2D eigenvalue weighted by molar-refractivity contribution is 6.33. The van der Waals surface area contributed by atoms with Crippen LogP contribution >= 0.6 is 11.6 Å². The molecule has 118 valence electrons. The first kappa shape index (κ1) is 16.6. The van der Waals surface area contributed by atoms with Gasteiger partial charge in [-0.3, -0.25) is 0 Å². The number of hydrogen-bond donors (Lipinski definition) is 2. The molecular weight excluding hydrogens is 288 g/mol. The molecule has 4 nitrogen and oxygen atoms in total. The molecule has 1 aliphatic heterocycles. The van der Waals surface area contributed by atoms with E-state index in [2.05, 4.69) is 16.3 Å². The number of hydrogen-bond acceptors (Lipinski definition) is 4. The van der Waals surface area contributed by atoms with Crippen LogP contribution in [-0.4, -0.2) is 44.1 Å². The van der Waals surface area contributed by atoms with Crippen molar-refractivity contribution in [2.75, 3.05) is 38.3 Å². The number of anilines is 1. The molecule has 1 aromatic rings. The topological polar surface area (TPSA) is 44.7 Å². The lowest BCUT2D eigenvalue weighted by atomic mass is 9.93. The molecule has 2 rings (SSSR count). The van der Waals surface area contributed by atoms with Crippen LogP contribution in [0.1, 0.15) is 25.3 Å². The largest absolute Gasteiger partial charge is 0.390 e. The van der Waals surface area contributed by atoms with E-state index in [-0.39, 0.29) is 0 Å². The summed E-state index contributed by atoms with van der Waals surface area (Å²) in [6.45, 7) is 5.86. The van der Waals surface area contributed by atoms with Crippen LogP contribution in [0.4, 0.5) is 5.69 Å². The molecule has 21 heavy (non-hydrogen) atoms. The van der Waals surface area contributed by atoms with E-state index in [0.717, 1.165) is 49.7 Å². The van der Waals surface area contributed by atoms with E-state index in [9.17, 15) is 5.11 Å². The van der Waals surface area contributed by atoms with Crippen molar-refractivity contribution >= 4 is 17.3 Å². The predicted octanol–water partition coefficient (Wildman–Crippen LogP) is 2.43. The van der Waals surface area contributed by atoms with E-state index in [0.29, 0.717) is 6.61 Å². The maximum atomic E-state index is 10.1. The second-order valence-corrected chi connectivity index (χ2v) is 6.31. The molecule has 0 atom stereocenters. The molecule has 5 heteroatoms. The summed E-state index contributed by atoms with van der Waals surface area (Å²) in [5.74, 6) is 0. The average Bonchev–Trinajstić information content (AvgIpc) is 2.45. The van der Waals surface area contributed by atoms with Gasteiger partial charge in [0, 0.05) is 33.3 Å². The van der Waals surface area contributed by atoms with Crippen LogP contribution < -0.4 is 10.2 Å². The number of halogens is 1. The average molecular weight is 313 g/mol. The molecule has 1 heterocycles. The molecule has 1 saturated heterocycles. The summed E-state index contributed by atoms with van der Waals surface area (Å²) in [4.78, 5) is 2.29. The Kier molecular flexibility index (Phi) is 5.88. The summed E-state index contributed by atoms with van der Waals surface area (Å²) in [6.07, 6.45) is 1.55. The van der Waals surface area contributed by atoms with Gasteiger partial charge in [-0.2, -0.15) is 0 Å². The van der Waals surface area contributed by atoms with Crippen molar-refractivity contribution in [2.45, 2.75) is 31.9 Å². The van der Waals surface area contributed by atoms with Crippen LogP contribution in [0, 0.1) is 0 Å². The zero-order valence-electron chi connectivity index (χ0n) is 12.9. The van der Waals surface area contributed by atoms with E-state index < -0.39 is 5.60 Å². The van der Waals surface area contributed by atoms with E-state index >= 15 is 0 Å². The zero-order chi connectivity index (χ0) is 15.3. The Labute approximate surface area is 132 Å². The Bertz CT molecular complexity index is 456. The molecule has 0 radical (unpaired) electrons. The summed E-state index contributed by atoms with van der Waals surface area (Å²) in [5, 5.41) is 14.2. The van der Waals surface area contributed by atoms with Crippen LogP contribution in [0.15, 0.2) is 18.2 Å².